The summed E-state index contributed by atoms with van der Waals surface area (Å²) < 4.78 is 12.7. The average molecular weight is 208 g/mol. The molecule has 15 heavy (non-hydrogen) atoms. The van der Waals surface area contributed by atoms with Crippen LogP contribution in [-0.2, 0) is 0 Å². The number of azide groups is 1. The van der Waals surface area contributed by atoms with E-state index in [1.807, 2.05) is 0 Å². The van der Waals surface area contributed by atoms with E-state index in [1.165, 1.54) is 18.2 Å². The van der Waals surface area contributed by atoms with Crippen molar-refractivity contribution in [3.8, 4) is 0 Å². The summed E-state index contributed by atoms with van der Waals surface area (Å²) in [5.74, 6) is -0.847. The molecule has 78 valence electrons. The highest BCUT2D eigenvalue weighted by Crippen LogP contribution is 2.02. The molecule has 0 aliphatic carbocycles. The molecule has 6 heteroatoms. The molecule has 0 fully saturated rings. The Balaban J connectivity index is 2.50. The fourth-order valence-electron chi connectivity index (χ4n) is 0.996. The maximum atomic E-state index is 12.7. The summed E-state index contributed by atoms with van der Waals surface area (Å²) in [5, 5.41) is 5.74. The molecule has 0 spiro atoms. The van der Waals surface area contributed by atoms with Gasteiger partial charge in [0.05, 0.1) is 0 Å². The third-order valence-corrected chi connectivity index (χ3v) is 1.65. The molecule has 0 unspecified atom stereocenters. The largest absolute Gasteiger partial charge is 0.352 e. The number of carbonyl (C=O) groups is 1. The van der Waals surface area contributed by atoms with Gasteiger partial charge in [0.2, 0.25) is 0 Å². The number of halogens is 1. The van der Waals surface area contributed by atoms with E-state index < -0.39 is 5.82 Å². The minimum absolute atomic E-state index is 0.178. The lowest BCUT2D eigenvalue weighted by Gasteiger charge is -2.02. The minimum atomic E-state index is -0.460. The maximum Gasteiger partial charge on any atom is 0.251 e. The Hall–Kier alpha value is -2.07. The first-order chi connectivity index (χ1) is 7.24. The van der Waals surface area contributed by atoms with Crippen molar-refractivity contribution in [2.45, 2.75) is 0 Å². The van der Waals surface area contributed by atoms with Crippen LogP contribution in [0.2, 0.25) is 0 Å². The molecule has 0 aliphatic rings. The summed E-state index contributed by atoms with van der Waals surface area (Å²) in [6.45, 7) is 0.414. The van der Waals surface area contributed by atoms with Crippen LogP contribution in [0.25, 0.3) is 10.4 Å². The Bertz CT molecular complexity index is 401. The van der Waals surface area contributed by atoms with Crippen LogP contribution in [0.4, 0.5) is 4.39 Å². The summed E-state index contributed by atoms with van der Waals surface area (Å²) in [7, 11) is 0. The monoisotopic (exact) mass is 208 g/mol. The topological polar surface area (TPSA) is 77.9 Å². The Kier molecular flexibility index (Phi) is 4.12. The number of nitrogens with zero attached hydrogens (tertiary/aromatic N) is 3. The maximum absolute atomic E-state index is 12.7. The number of carbonyl (C=O) groups excluding carboxylic acids is 1. The molecule has 0 atom stereocenters. The second kappa shape index (κ2) is 5.62. The molecule has 0 bridgehead atoms. The first-order valence-electron chi connectivity index (χ1n) is 4.28. The Morgan fingerprint density at radius 2 is 2.40 bits per heavy atom. The number of rotatable bonds is 4. The third kappa shape index (κ3) is 3.66. The predicted molar refractivity (Wildman–Crippen MR) is 52.7 cm³/mol. The fourth-order valence-corrected chi connectivity index (χ4v) is 0.996. The van der Waals surface area contributed by atoms with Gasteiger partial charge in [-0.1, -0.05) is 11.2 Å². The molecule has 0 saturated heterocycles. The van der Waals surface area contributed by atoms with Gasteiger partial charge in [-0.25, -0.2) is 4.39 Å². The van der Waals surface area contributed by atoms with Gasteiger partial charge >= 0.3 is 0 Å². The molecule has 0 aromatic heterocycles. The van der Waals surface area contributed by atoms with Gasteiger partial charge in [-0.2, -0.15) is 0 Å². The lowest BCUT2D eigenvalue weighted by atomic mass is 10.2. The zero-order chi connectivity index (χ0) is 11.1. The molecule has 1 aromatic carbocycles. The van der Waals surface area contributed by atoms with Crippen LogP contribution in [0, 0.1) is 5.82 Å². The van der Waals surface area contributed by atoms with Crippen LogP contribution >= 0.6 is 0 Å². The first kappa shape index (κ1) is 11.0. The van der Waals surface area contributed by atoms with Gasteiger partial charge in [0.15, 0.2) is 0 Å². The molecule has 1 N–H and O–H groups in total. The SMILES string of the molecule is [N-]=[N+]=NCCNC(=O)c1cccc(F)c1. The average Bonchev–Trinajstić information content (AvgIpc) is 2.24. The lowest BCUT2D eigenvalue weighted by Crippen LogP contribution is -2.25. The highest BCUT2D eigenvalue weighted by molar-refractivity contribution is 5.94. The first-order valence-corrected chi connectivity index (χ1v) is 4.28. The summed E-state index contributed by atoms with van der Waals surface area (Å²) in [6.07, 6.45) is 0. The van der Waals surface area contributed by atoms with Crippen molar-refractivity contribution < 1.29 is 9.18 Å². The number of hydrogen-bond donors (Lipinski definition) is 1. The molecule has 5 nitrogen and oxygen atoms in total. The zero-order valence-electron chi connectivity index (χ0n) is 7.85. The van der Waals surface area contributed by atoms with Crippen molar-refractivity contribution >= 4 is 5.91 Å². The summed E-state index contributed by atoms with van der Waals surface area (Å²) in [6, 6.07) is 5.36. The van der Waals surface area contributed by atoms with Crippen LogP contribution in [0.1, 0.15) is 10.4 Å². The molecule has 1 rings (SSSR count). The van der Waals surface area contributed by atoms with E-state index in [0.29, 0.717) is 0 Å². The fraction of sp³-hybridized carbons (Fsp3) is 0.222. The van der Waals surface area contributed by atoms with Gasteiger partial charge in [0.1, 0.15) is 5.82 Å². The van der Waals surface area contributed by atoms with Gasteiger partial charge in [-0.3, -0.25) is 4.79 Å². The summed E-state index contributed by atoms with van der Waals surface area (Å²) in [5.41, 5.74) is 8.23. The van der Waals surface area contributed by atoms with Crippen LogP contribution in [-0.4, -0.2) is 19.0 Å². The molecule has 0 heterocycles. The smallest absolute Gasteiger partial charge is 0.251 e. The minimum Gasteiger partial charge on any atom is -0.352 e. The molecular weight excluding hydrogens is 199 g/mol. The molecule has 1 amide bonds. The zero-order valence-corrected chi connectivity index (χ0v) is 7.85. The predicted octanol–water partition coefficient (Wildman–Crippen LogP) is 1.87. The van der Waals surface area contributed by atoms with Crippen molar-refractivity contribution in [3.05, 3.63) is 46.1 Å². The lowest BCUT2D eigenvalue weighted by molar-refractivity contribution is 0.0954. The highest BCUT2D eigenvalue weighted by atomic mass is 19.1. The van der Waals surface area contributed by atoms with E-state index in [4.69, 9.17) is 5.53 Å². The molecule has 0 radical (unpaired) electrons. The number of hydrogen-bond acceptors (Lipinski definition) is 2. The van der Waals surface area contributed by atoms with Gasteiger partial charge < -0.3 is 5.32 Å². The third-order valence-electron chi connectivity index (χ3n) is 1.65. The Morgan fingerprint density at radius 3 is 3.07 bits per heavy atom. The second-order valence-electron chi connectivity index (χ2n) is 2.72. The van der Waals surface area contributed by atoms with E-state index in [1.54, 1.807) is 0 Å². The molecule has 1 aromatic rings. The summed E-state index contributed by atoms with van der Waals surface area (Å²) in [4.78, 5) is 13.9. The quantitative estimate of drug-likeness (QED) is 0.348. The standard InChI is InChI=1S/C9H9FN4O/c10-8-3-1-2-7(6-8)9(15)12-4-5-13-14-11/h1-3,6H,4-5H2,(H,12,15). The Morgan fingerprint density at radius 1 is 1.60 bits per heavy atom. The van der Waals surface area contributed by atoms with Crippen LogP contribution in [0.3, 0.4) is 0 Å². The van der Waals surface area contributed by atoms with Crippen LogP contribution in [0.15, 0.2) is 29.4 Å². The van der Waals surface area contributed by atoms with E-state index >= 15 is 0 Å². The van der Waals surface area contributed by atoms with Crippen molar-refractivity contribution in [1.82, 2.24) is 5.32 Å². The normalized spacial score (nSPS) is 9.13. The van der Waals surface area contributed by atoms with Crippen molar-refractivity contribution in [2.24, 2.45) is 5.11 Å². The van der Waals surface area contributed by atoms with Crippen molar-refractivity contribution in [3.63, 3.8) is 0 Å². The van der Waals surface area contributed by atoms with Crippen molar-refractivity contribution in [2.75, 3.05) is 13.1 Å². The van der Waals surface area contributed by atoms with E-state index in [-0.39, 0.29) is 24.6 Å². The number of amides is 1. The molecular formula is C9H9FN4O. The van der Waals surface area contributed by atoms with Gasteiger partial charge in [0, 0.05) is 23.6 Å². The van der Waals surface area contributed by atoms with E-state index in [0.717, 1.165) is 6.07 Å². The number of benzene rings is 1. The van der Waals surface area contributed by atoms with Gasteiger partial charge in [-0.05, 0) is 23.7 Å². The van der Waals surface area contributed by atoms with Crippen LogP contribution in [0.5, 0.6) is 0 Å². The highest BCUT2D eigenvalue weighted by Gasteiger charge is 2.04. The van der Waals surface area contributed by atoms with Gasteiger partial charge in [0.25, 0.3) is 5.91 Å². The van der Waals surface area contributed by atoms with E-state index in [2.05, 4.69) is 15.3 Å². The Labute approximate surface area is 85.5 Å². The van der Waals surface area contributed by atoms with Crippen molar-refractivity contribution in [1.29, 1.82) is 0 Å². The van der Waals surface area contributed by atoms with E-state index in [9.17, 15) is 9.18 Å². The second-order valence-corrected chi connectivity index (χ2v) is 2.72. The number of nitrogens with one attached hydrogen (secondary N) is 1. The van der Waals surface area contributed by atoms with Gasteiger partial charge in [-0.15, -0.1) is 0 Å². The molecule has 0 aliphatic heterocycles. The van der Waals surface area contributed by atoms with Crippen LogP contribution < -0.4 is 5.32 Å². The molecule has 0 saturated carbocycles. The summed E-state index contributed by atoms with van der Waals surface area (Å²) >= 11 is 0.